The van der Waals surface area contributed by atoms with Crippen LogP contribution in [0.15, 0.2) is 29.4 Å². The molecule has 1 N–H and O–H groups in total. The van der Waals surface area contributed by atoms with Gasteiger partial charge in [-0.25, -0.2) is 4.98 Å². The Labute approximate surface area is 103 Å². The average molecular weight is 259 g/mol. The number of carboxylic acids is 1. The molecule has 0 saturated heterocycles. The number of aromatic nitrogens is 2. The summed E-state index contributed by atoms with van der Waals surface area (Å²) in [6.07, 6.45) is 0. The predicted molar refractivity (Wildman–Crippen MR) is 66.3 cm³/mol. The van der Waals surface area contributed by atoms with Crippen molar-refractivity contribution in [1.82, 2.24) is 9.55 Å². The number of imidazole rings is 1. The van der Waals surface area contributed by atoms with Crippen LogP contribution in [-0.4, -0.2) is 26.4 Å². The van der Waals surface area contributed by atoms with Gasteiger partial charge in [-0.2, -0.15) is 0 Å². The Bertz CT molecular complexity index is 512. The average Bonchev–Trinajstić information content (AvgIpc) is 2.54. The van der Waals surface area contributed by atoms with E-state index in [-0.39, 0.29) is 18.2 Å². The van der Waals surface area contributed by atoms with E-state index in [4.69, 9.17) is 5.11 Å². The minimum atomic E-state index is -0.827. The first-order valence-electron chi connectivity index (χ1n) is 4.44. The number of aliphatic carboxylic acids is 1. The van der Waals surface area contributed by atoms with Crippen molar-refractivity contribution >= 4 is 41.2 Å². The van der Waals surface area contributed by atoms with Gasteiger partial charge >= 0.3 is 5.97 Å². The number of hydrogen-bond donors (Lipinski definition) is 1. The summed E-state index contributed by atoms with van der Waals surface area (Å²) < 4.78 is 1.91. The predicted octanol–water partition coefficient (Wildman–Crippen LogP) is 2.17. The minimum Gasteiger partial charge on any atom is -0.481 e. The van der Waals surface area contributed by atoms with Crippen LogP contribution < -0.4 is 0 Å². The third-order valence-electron chi connectivity index (χ3n) is 2.07. The van der Waals surface area contributed by atoms with E-state index in [2.05, 4.69) is 4.98 Å². The number of carbonyl (C=O) groups is 1. The number of fused-ring (bicyclic) bond motifs is 1. The topological polar surface area (TPSA) is 55.1 Å². The van der Waals surface area contributed by atoms with Crippen LogP contribution in [0.4, 0.5) is 0 Å². The molecule has 0 aliphatic rings. The molecule has 0 saturated carbocycles. The Kier molecular flexibility index (Phi) is 4.20. The van der Waals surface area contributed by atoms with E-state index in [1.54, 1.807) is 0 Å². The van der Waals surface area contributed by atoms with Crippen molar-refractivity contribution in [2.75, 3.05) is 5.75 Å². The Balaban J connectivity index is 0.00000128. The molecule has 0 spiro atoms. The van der Waals surface area contributed by atoms with Gasteiger partial charge in [0.15, 0.2) is 5.16 Å². The maximum atomic E-state index is 10.4. The molecule has 0 fully saturated rings. The van der Waals surface area contributed by atoms with Gasteiger partial charge in [0.2, 0.25) is 0 Å². The van der Waals surface area contributed by atoms with E-state index in [1.165, 1.54) is 11.8 Å². The van der Waals surface area contributed by atoms with Crippen LogP contribution in [0.2, 0.25) is 0 Å². The van der Waals surface area contributed by atoms with E-state index in [0.717, 1.165) is 16.2 Å². The molecule has 2 aromatic rings. The number of thioether (sulfide) groups is 1. The molecular formula is C10H11ClN2O2S. The summed E-state index contributed by atoms with van der Waals surface area (Å²) in [6.45, 7) is 0. The molecular weight excluding hydrogens is 248 g/mol. The Morgan fingerprint density at radius 1 is 1.50 bits per heavy atom. The lowest BCUT2D eigenvalue weighted by Crippen LogP contribution is -2.00. The number of rotatable bonds is 3. The minimum absolute atomic E-state index is 0. The van der Waals surface area contributed by atoms with Gasteiger partial charge in [0.05, 0.1) is 16.8 Å². The van der Waals surface area contributed by atoms with Crippen molar-refractivity contribution in [3.63, 3.8) is 0 Å². The molecule has 1 aromatic heterocycles. The molecule has 0 aliphatic heterocycles. The summed E-state index contributed by atoms with van der Waals surface area (Å²) in [5.41, 5.74) is 1.92. The van der Waals surface area contributed by atoms with Crippen LogP contribution in [0.3, 0.4) is 0 Å². The first-order valence-corrected chi connectivity index (χ1v) is 5.43. The maximum Gasteiger partial charge on any atom is 0.313 e. The summed E-state index contributed by atoms with van der Waals surface area (Å²) in [4.78, 5) is 14.8. The lowest BCUT2D eigenvalue weighted by atomic mass is 10.3. The van der Waals surface area contributed by atoms with Gasteiger partial charge in [-0.15, -0.1) is 12.4 Å². The molecule has 16 heavy (non-hydrogen) atoms. The van der Waals surface area contributed by atoms with Crippen LogP contribution in [-0.2, 0) is 11.8 Å². The second-order valence-electron chi connectivity index (χ2n) is 3.12. The first kappa shape index (κ1) is 12.9. The number of carboxylic acid groups (broad SMARTS) is 1. The second-order valence-corrected chi connectivity index (χ2v) is 4.07. The van der Waals surface area contributed by atoms with E-state index in [1.807, 2.05) is 35.9 Å². The number of aryl methyl sites for hydroxylation is 1. The van der Waals surface area contributed by atoms with Crippen molar-refractivity contribution in [2.45, 2.75) is 5.16 Å². The normalized spacial score (nSPS) is 10.1. The Hall–Kier alpha value is -1.20. The Morgan fingerprint density at radius 3 is 2.81 bits per heavy atom. The van der Waals surface area contributed by atoms with E-state index in [0.29, 0.717) is 0 Å². The van der Waals surface area contributed by atoms with E-state index in [9.17, 15) is 4.79 Å². The zero-order valence-corrected chi connectivity index (χ0v) is 10.2. The maximum absolute atomic E-state index is 10.4. The monoisotopic (exact) mass is 258 g/mol. The first-order chi connectivity index (χ1) is 7.18. The third kappa shape index (κ3) is 2.48. The second kappa shape index (κ2) is 5.23. The molecule has 0 unspecified atom stereocenters. The number of nitrogens with zero attached hydrogens (tertiary/aromatic N) is 2. The number of hydrogen-bond acceptors (Lipinski definition) is 3. The van der Waals surface area contributed by atoms with Crippen LogP contribution >= 0.6 is 24.2 Å². The zero-order chi connectivity index (χ0) is 10.8. The number of benzene rings is 1. The summed E-state index contributed by atoms with van der Waals surface area (Å²) in [5, 5.41) is 9.32. The van der Waals surface area contributed by atoms with Gasteiger partial charge in [0.25, 0.3) is 0 Å². The number of para-hydroxylation sites is 2. The van der Waals surface area contributed by atoms with Gasteiger partial charge in [0, 0.05) is 7.05 Å². The van der Waals surface area contributed by atoms with Crippen molar-refractivity contribution in [3.05, 3.63) is 24.3 Å². The van der Waals surface area contributed by atoms with Crippen molar-refractivity contribution in [1.29, 1.82) is 0 Å². The number of halogens is 1. The molecule has 1 heterocycles. The quantitative estimate of drug-likeness (QED) is 0.858. The Morgan fingerprint density at radius 2 is 2.19 bits per heavy atom. The van der Waals surface area contributed by atoms with Gasteiger partial charge in [-0.05, 0) is 12.1 Å². The fourth-order valence-electron chi connectivity index (χ4n) is 1.38. The van der Waals surface area contributed by atoms with E-state index >= 15 is 0 Å². The van der Waals surface area contributed by atoms with E-state index < -0.39 is 5.97 Å². The highest BCUT2D eigenvalue weighted by Crippen LogP contribution is 2.22. The molecule has 0 aliphatic carbocycles. The fraction of sp³-hybridized carbons (Fsp3) is 0.200. The summed E-state index contributed by atoms with van der Waals surface area (Å²) >= 11 is 1.23. The van der Waals surface area contributed by atoms with Crippen LogP contribution in [0.1, 0.15) is 0 Å². The smallest absolute Gasteiger partial charge is 0.313 e. The summed E-state index contributed by atoms with van der Waals surface area (Å²) in [6, 6.07) is 7.74. The van der Waals surface area contributed by atoms with Crippen molar-refractivity contribution in [3.8, 4) is 0 Å². The highest BCUT2D eigenvalue weighted by Gasteiger charge is 2.08. The van der Waals surface area contributed by atoms with Gasteiger partial charge < -0.3 is 9.67 Å². The summed E-state index contributed by atoms with van der Waals surface area (Å²) in [5.74, 6) is -0.788. The standard InChI is InChI=1S/C10H10N2O2S.ClH/c1-12-8-5-3-2-4-7(8)11-10(12)15-6-9(13)14;/h2-5H,6H2,1H3,(H,13,14);1H. The highest BCUT2D eigenvalue weighted by atomic mass is 35.5. The van der Waals surface area contributed by atoms with Gasteiger partial charge in [-0.1, -0.05) is 23.9 Å². The SMILES string of the molecule is Cl.Cn1c(SCC(=O)O)nc2ccccc21. The van der Waals surface area contributed by atoms with Gasteiger partial charge in [0.1, 0.15) is 0 Å². The van der Waals surface area contributed by atoms with Gasteiger partial charge in [-0.3, -0.25) is 4.79 Å². The molecule has 0 radical (unpaired) electrons. The summed E-state index contributed by atoms with van der Waals surface area (Å²) in [7, 11) is 1.89. The molecule has 0 bridgehead atoms. The van der Waals surface area contributed by atoms with Crippen molar-refractivity contribution < 1.29 is 9.90 Å². The lowest BCUT2D eigenvalue weighted by molar-refractivity contribution is -0.133. The largest absolute Gasteiger partial charge is 0.481 e. The molecule has 0 atom stereocenters. The fourth-order valence-corrected chi connectivity index (χ4v) is 2.09. The lowest BCUT2D eigenvalue weighted by Gasteiger charge is -1.98. The van der Waals surface area contributed by atoms with Crippen LogP contribution in [0.25, 0.3) is 11.0 Å². The molecule has 4 nitrogen and oxygen atoms in total. The molecule has 6 heteroatoms. The molecule has 0 amide bonds. The highest BCUT2D eigenvalue weighted by molar-refractivity contribution is 7.99. The van der Waals surface area contributed by atoms with Crippen LogP contribution in [0.5, 0.6) is 0 Å². The third-order valence-corrected chi connectivity index (χ3v) is 3.09. The zero-order valence-electron chi connectivity index (χ0n) is 8.58. The molecule has 86 valence electrons. The molecule has 2 rings (SSSR count). The van der Waals surface area contributed by atoms with Crippen LogP contribution in [0, 0.1) is 0 Å². The molecule has 1 aromatic carbocycles. The van der Waals surface area contributed by atoms with Crippen molar-refractivity contribution in [2.24, 2.45) is 7.05 Å².